The molecule has 3 aliphatic rings. The quantitative estimate of drug-likeness (QED) is 0.532. The molecule has 0 unspecified atom stereocenters. The molecule has 132 valence electrons. The number of carbonyl (C=O) groups excluding carboxylic acids is 1. The lowest BCUT2D eigenvalue weighted by Gasteiger charge is -2.24. The van der Waals surface area contributed by atoms with Crippen LogP contribution in [-0.4, -0.2) is 41.8 Å². The monoisotopic (exact) mass is 328 g/mol. The van der Waals surface area contributed by atoms with Crippen LogP contribution in [-0.2, 0) is 4.79 Å². The number of hydrogen-bond acceptors (Lipinski definition) is 3. The van der Waals surface area contributed by atoms with Gasteiger partial charge in [0.05, 0.1) is 0 Å². The van der Waals surface area contributed by atoms with Crippen LogP contribution in [0.1, 0.15) is 64.7 Å². The minimum Gasteiger partial charge on any atom is -0.375 e. The molecule has 0 saturated carbocycles. The van der Waals surface area contributed by atoms with Gasteiger partial charge in [0, 0.05) is 56.1 Å². The first-order valence-corrected chi connectivity index (χ1v) is 9.83. The van der Waals surface area contributed by atoms with E-state index >= 15 is 0 Å². The number of hydrogen-bond donors (Lipinski definition) is 0. The SMILES string of the molecule is C/C(=C\C(=O)/C=C(\CC1=CCCCC1)N1CCCC1)N1CCCC1. The molecule has 1 aliphatic carbocycles. The number of nitrogens with zero attached hydrogens (tertiary/aromatic N) is 2. The van der Waals surface area contributed by atoms with Crippen LogP contribution in [0, 0.1) is 0 Å². The topological polar surface area (TPSA) is 23.6 Å². The number of likely N-dealkylation sites (tertiary alicyclic amines) is 2. The maximum atomic E-state index is 12.6. The Morgan fingerprint density at radius 3 is 2.25 bits per heavy atom. The summed E-state index contributed by atoms with van der Waals surface area (Å²) in [6, 6.07) is 0. The molecule has 2 aliphatic heterocycles. The summed E-state index contributed by atoms with van der Waals surface area (Å²) in [4.78, 5) is 17.4. The molecule has 0 atom stereocenters. The maximum absolute atomic E-state index is 12.6. The van der Waals surface area contributed by atoms with Crippen LogP contribution in [0.2, 0.25) is 0 Å². The fourth-order valence-electron chi connectivity index (χ4n) is 4.13. The van der Waals surface area contributed by atoms with Gasteiger partial charge in [0.15, 0.2) is 5.78 Å². The molecule has 2 fully saturated rings. The van der Waals surface area contributed by atoms with Crippen LogP contribution in [0.3, 0.4) is 0 Å². The predicted molar refractivity (Wildman–Crippen MR) is 99.6 cm³/mol. The highest BCUT2D eigenvalue weighted by molar-refractivity contribution is 6.00. The van der Waals surface area contributed by atoms with Gasteiger partial charge in [-0.15, -0.1) is 0 Å². The Balaban J connectivity index is 1.70. The number of allylic oxidation sites excluding steroid dienone is 5. The van der Waals surface area contributed by atoms with Gasteiger partial charge in [-0.2, -0.15) is 0 Å². The first-order valence-electron chi connectivity index (χ1n) is 9.83. The Bertz CT molecular complexity index is 532. The molecule has 2 heterocycles. The molecule has 0 N–H and O–H groups in total. The zero-order valence-electron chi connectivity index (χ0n) is 15.2. The van der Waals surface area contributed by atoms with Crippen LogP contribution in [0.15, 0.2) is 35.2 Å². The number of rotatable bonds is 6. The Kier molecular flexibility index (Phi) is 6.17. The summed E-state index contributed by atoms with van der Waals surface area (Å²) in [6.07, 6.45) is 17.2. The van der Waals surface area contributed by atoms with Crippen molar-refractivity contribution in [3.8, 4) is 0 Å². The van der Waals surface area contributed by atoms with E-state index in [0.717, 1.165) is 38.3 Å². The predicted octanol–water partition coefficient (Wildman–Crippen LogP) is 4.43. The third kappa shape index (κ3) is 4.75. The Morgan fingerprint density at radius 1 is 0.958 bits per heavy atom. The lowest BCUT2D eigenvalue weighted by Crippen LogP contribution is -2.21. The standard InChI is InChI=1S/C21H32N2O/c1-18(22-11-5-6-12-22)15-21(24)17-20(23-13-7-8-14-23)16-19-9-3-2-4-10-19/h9,15,17H,2-8,10-14,16H2,1H3/b18-15+,20-17+. The summed E-state index contributed by atoms with van der Waals surface area (Å²) >= 11 is 0. The van der Waals surface area contributed by atoms with Crippen molar-refractivity contribution < 1.29 is 4.79 Å². The molecule has 0 aromatic carbocycles. The third-order valence-electron chi connectivity index (χ3n) is 5.57. The van der Waals surface area contributed by atoms with Gasteiger partial charge in [-0.25, -0.2) is 0 Å². The van der Waals surface area contributed by atoms with Crippen molar-refractivity contribution >= 4 is 5.78 Å². The van der Waals surface area contributed by atoms with Crippen molar-refractivity contribution in [1.29, 1.82) is 0 Å². The summed E-state index contributed by atoms with van der Waals surface area (Å²) in [5.41, 5.74) is 3.91. The average molecular weight is 329 g/mol. The van der Waals surface area contributed by atoms with Gasteiger partial charge in [0.2, 0.25) is 0 Å². The number of ketones is 1. The van der Waals surface area contributed by atoms with Crippen LogP contribution in [0.5, 0.6) is 0 Å². The Hall–Kier alpha value is -1.51. The van der Waals surface area contributed by atoms with Gasteiger partial charge in [0.25, 0.3) is 0 Å². The summed E-state index contributed by atoms with van der Waals surface area (Å²) < 4.78 is 0. The van der Waals surface area contributed by atoms with E-state index in [0.29, 0.717) is 0 Å². The van der Waals surface area contributed by atoms with Gasteiger partial charge in [0.1, 0.15) is 0 Å². The van der Waals surface area contributed by atoms with Gasteiger partial charge in [-0.3, -0.25) is 4.79 Å². The van der Waals surface area contributed by atoms with Gasteiger partial charge in [-0.05, 0) is 58.3 Å². The van der Waals surface area contributed by atoms with Crippen molar-refractivity contribution in [2.45, 2.75) is 64.7 Å². The maximum Gasteiger partial charge on any atom is 0.182 e. The third-order valence-corrected chi connectivity index (χ3v) is 5.57. The molecular weight excluding hydrogens is 296 g/mol. The van der Waals surface area contributed by atoms with E-state index in [-0.39, 0.29) is 5.78 Å². The largest absolute Gasteiger partial charge is 0.375 e. The molecule has 0 aromatic rings. The lowest BCUT2D eigenvalue weighted by molar-refractivity contribution is -0.110. The van der Waals surface area contributed by atoms with E-state index in [4.69, 9.17) is 0 Å². The summed E-state index contributed by atoms with van der Waals surface area (Å²) in [6.45, 7) is 6.51. The first kappa shape index (κ1) is 17.3. The van der Waals surface area contributed by atoms with E-state index in [1.165, 1.54) is 62.6 Å². The minimum absolute atomic E-state index is 0.165. The molecule has 0 radical (unpaired) electrons. The average Bonchev–Trinajstić information content (AvgIpc) is 3.29. The second kappa shape index (κ2) is 8.55. The summed E-state index contributed by atoms with van der Waals surface area (Å²) in [5.74, 6) is 0.165. The van der Waals surface area contributed by atoms with Crippen molar-refractivity contribution in [2.24, 2.45) is 0 Å². The van der Waals surface area contributed by atoms with Crippen molar-refractivity contribution in [3.05, 3.63) is 35.2 Å². The molecule has 3 heteroatoms. The highest BCUT2D eigenvalue weighted by Gasteiger charge is 2.18. The van der Waals surface area contributed by atoms with E-state index < -0.39 is 0 Å². The molecule has 24 heavy (non-hydrogen) atoms. The second-order valence-corrected chi connectivity index (χ2v) is 7.50. The smallest absolute Gasteiger partial charge is 0.182 e. The van der Waals surface area contributed by atoms with Crippen LogP contribution >= 0.6 is 0 Å². The zero-order valence-corrected chi connectivity index (χ0v) is 15.2. The zero-order chi connectivity index (χ0) is 16.8. The van der Waals surface area contributed by atoms with E-state index in [9.17, 15) is 4.79 Å². The van der Waals surface area contributed by atoms with Crippen molar-refractivity contribution in [3.63, 3.8) is 0 Å². The Morgan fingerprint density at radius 2 is 1.62 bits per heavy atom. The molecular formula is C21H32N2O. The van der Waals surface area contributed by atoms with Gasteiger partial charge >= 0.3 is 0 Å². The number of carbonyl (C=O) groups is 1. The van der Waals surface area contributed by atoms with Gasteiger partial charge < -0.3 is 9.80 Å². The molecule has 2 saturated heterocycles. The summed E-state index contributed by atoms with van der Waals surface area (Å²) in [7, 11) is 0. The second-order valence-electron chi connectivity index (χ2n) is 7.50. The van der Waals surface area contributed by atoms with E-state index in [1.54, 1.807) is 0 Å². The van der Waals surface area contributed by atoms with Crippen LogP contribution in [0.4, 0.5) is 0 Å². The molecule has 0 bridgehead atoms. The molecule has 3 nitrogen and oxygen atoms in total. The fourth-order valence-corrected chi connectivity index (χ4v) is 4.13. The van der Waals surface area contributed by atoms with Gasteiger partial charge in [-0.1, -0.05) is 11.6 Å². The highest BCUT2D eigenvalue weighted by Crippen LogP contribution is 2.27. The molecule has 0 amide bonds. The molecule has 0 aromatic heterocycles. The molecule has 0 spiro atoms. The minimum atomic E-state index is 0.165. The van der Waals surface area contributed by atoms with Crippen molar-refractivity contribution in [2.75, 3.05) is 26.2 Å². The highest BCUT2D eigenvalue weighted by atomic mass is 16.1. The van der Waals surface area contributed by atoms with E-state index in [2.05, 4.69) is 22.8 Å². The first-order chi connectivity index (χ1) is 11.7. The van der Waals surface area contributed by atoms with Crippen LogP contribution < -0.4 is 0 Å². The Labute approximate surface area is 147 Å². The fraction of sp³-hybridized carbons (Fsp3) is 0.667. The lowest BCUT2D eigenvalue weighted by atomic mass is 9.95. The molecule has 3 rings (SSSR count). The van der Waals surface area contributed by atoms with Crippen molar-refractivity contribution in [1.82, 2.24) is 9.80 Å². The summed E-state index contributed by atoms with van der Waals surface area (Å²) in [5, 5.41) is 0. The normalized spacial score (nSPS) is 23.0. The van der Waals surface area contributed by atoms with E-state index in [1.807, 2.05) is 12.2 Å². The van der Waals surface area contributed by atoms with Crippen LogP contribution in [0.25, 0.3) is 0 Å².